The van der Waals surface area contributed by atoms with Crippen LogP contribution in [0.5, 0.6) is 0 Å². The monoisotopic (exact) mass is 292 g/mol. The van der Waals surface area contributed by atoms with Crippen LogP contribution in [0.3, 0.4) is 0 Å². The fraction of sp³-hybridized carbons (Fsp3) is 0.400. The highest BCUT2D eigenvalue weighted by molar-refractivity contribution is 5.96. The Hall–Kier alpha value is -2.37. The zero-order valence-electron chi connectivity index (χ0n) is 12.2. The van der Waals surface area contributed by atoms with E-state index in [0.29, 0.717) is 5.56 Å². The average Bonchev–Trinajstić information content (AvgIpc) is 2.44. The molecule has 21 heavy (non-hydrogen) atoms. The summed E-state index contributed by atoms with van der Waals surface area (Å²) in [4.78, 5) is 35.6. The Morgan fingerprint density at radius 1 is 1.24 bits per heavy atom. The molecule has 1 atom stereocenters. The van der Waals surface area contributed by atoms with Gasteiger partial charge in [0.15, 0.2) is 0 Å². The van der Waals surface area contributed by atoms with Gasteiger partial charge in [0.2, 0.25) is 5.91 Å². The first-order valence-corrected chi connectivity index (χ1v) is 6.69. The third-order valence-corrected chi connectivity index (χ3v) is 2.92. The van der Waals surface area contributed by atoms with E-state index in [1.54, 1.807) is 38.2 Å². The van der Waals surface area contributed by atoms with Crippen molar-refractivity contribution in [1.29, 1.82) is 0 Å². The maximum absolute atomic E-state index is 12.0. The number of nitrogens with zero attached hydrogens (tertiary/aromatic N) is 1. The number of hydrogen-bond acceptors (Lipinski definition) is 3. The fourth-order valence-corrected chi connectivity index (χ4v) is 1.80. The molecular formula is C15H20N2O4. The van der Waals surface area contributed by atoms with Crippen molar-refractivity contribution in [2.75, 3.05) is 20.1 Å². The number of aliphatic carboxylic acids is 1. The summed E-state index contributed by atoms with van der Waals surface area (Å²) in [7, 11) is 1.55. The van der Waals surface area contributed by atoms with E-state index in [9.17, 15) is 14.4 Å². The van der Waals surface area contributed by atoms with Crippen LogP contribution in [0.2, 0.25) is 0 Å². The van der Waals surface area contributed by atoms with E-state index in [4.69, 9.17) is 5.11 Å². The summed E-state index contributed by atoms with van der Waals surface area (Å²) in [5.41, 5.74) is 0.520. The van der Waals surface area contributed by atoms with Gasteiger partial charge in [0, 0.05) is 25.6 Å². The highest BCUT2D eigenvalue weighted by Crippen LogP contribution is 2.03. The van der Waals surface area contributed by atoms with Crippen molar-refractivity contribution in [2.24, 2.45) is 5.92 Å². The third-order valence-electron chi connectivity index (χ3n) is 2.92. The number of carbonyl (C=O) groups is 3. The second-order valence-corrected chi connectivity index (χ2v) is 5.03. The lowest BCUT2D eigenvalue weighted by Gasteiger charge is -2.17. The molecule has 0 saturated carbocycles. The molecule has 1 aromatic carbocycles. The van der Waals surface area contributed by atoms with Crippen molar-refractivity contribution in [3.63, 3.8) is 0 Å². The number of nitrogens with one attached hydrogen (secondary N) is 1. The van der Waals surface area contributed by atoms with E-state index >= 15 is 0 Å². The van der Waals surface area contributed by atoms with Crippen molar-refractivity contribution in [1.82, 2.24) is 10.2 Å². The van der Waals surface area contributed by atoms with Crippen molar-refractivity contribution in [2.45, 2.75) is 13.3 Å². The van der Waals surface area contributed by atoms with Crippen LogP contribution in [0.4, 0.5) is 0 Å². The Bertz CT molecular complexity index is 502. The normalized spacial score (nSPS) is 11.5. The van der Waals surface area contributed by atoms with E-state index in [-0.39, 0.29) is 37.2 Å². The standard InChI is InChI=1S/C15H20N2O4/c1-11(8-14(19)20)9-16-13(18)10-17(2)15(21)12-6-4-3-5-7-12/h3-7,11H,8-10H2,1-2H3,(H,16,18)(H,19,20). The maximum atomic E-state index is 12.0. The van der Waals surface area contributed by atoms with E-state index in [2.05, 4.69) is 5.32 Å². The molecule has 6 heteroatoms. The van der Waals surface area contributed by atoms with Crippen molar-refractivity contribution in [3.8, 4) is 0 Å². The number of carbonyl (C=O) groups excluding carboxylic acids is 2. The molecular weight excluding hydrogens is 272 g/mol. The number of likely N-dealkylation sites (N-methyl/N-ethyl adjacent to an activating group) is 1. The Balaban J connectivity index is 2.40. The summed E-state index contributed by atoms with van der Waals surface area (Å²) in [5.74, 6) is -1.59. The van der Waals surface area contributed by atoms with Crippen molar-refractivity contribution in [3.05, 3.63) is 35.9 Å². The van der Waals surface area contributed by atoms with E-state index in [1.807, 2.05) is 6.07 Å². The molecule has 1 rings (SSSR count). The van der Waals surface area contributed by atoms with Gasteiger partial charge in [0.1, 0.15) is 0 Å². The first-order valence-electron chi connectivity index (χ1n) is 6.69. The molecule has 0 aliphatic rings. The lowest BCUT2D eigenvalue weighted by Crippen LogP contribution is -2.39. The predicted octanol–water partition coefficient (Wildman–Crippen LogP) is 0.986. The SMILES string of the molecule is CC(CNC(=O)CN(C)C(=O)c1ccccc1)CC(=O)O. The van der Waals surface area contributed by atoms with E-state index in [0.717, 1.165) is 0 Å². The summed E-state index contributed by atoms with van der Waals surface area (Å²) in [6.07, 6.45) is -0.000927. The van der Waals surface area contributed by atoms with Gasteiger partial charge in [0.05, 0.1) is 6.54 Å². The Morgan fingerprint density at radius 2 is 1.86 bits per heavy atom. The molecule has 0 aromatic heterocycles. The van der Waals surface area contributed by atoms with Gasteiger partial charge in [-0.3, -0.25) is 14.4 Å². The number of carboxylic acid groups (broad SMARTS) is 1. The van der Waals surface area contributed by atoms with E-state index < -0.39 is 5.97 Å². The second-order valence-electron chi connectivity index (χ2n) is 5.03. The molecule has 0 fully saturated rings. The number of rotatable bonds is 7. The molecule has 1 unspecified atom stereocenters. The molecule has 0 radical (unpaired) electrons. The van der Waals surface area contributed by atoms with Crippen LogP contribution < -0.4 is 5.32 Å². The number of benzene rings is 1. The Morgan fingerprint density at radius 3 is 2.43 bits per heavy atom. The zero-order valence-corrected chi connectivity index (χ0v) is 12.2. The van der Waals surface area contributed by atoms with Gasteiger partial charge in [-0.1, -0.05) is 25.1 Å². The van der Waals surface area contributed by atoms with Crippen LogP contribution in [-0.4, -0.2) is 47.9 Å². The number of carboxylic acids is 1. The molecule has 0 heterocycles. The average molecular weight is 292 g/mol. The number of amides is 2. The Kier molecular flexibility index (Phi) is 6.39. The van der Waals surface area contributed by atoms with Gasteiger partial charge in [-0.2, -0.15) is 0 Å². The lowest BCUT2D eigenvalue weighted by molar-refractivity contribution is -0.138. The largest absolute Gasteiger partial charge is 0.481 e. The molecule has 0 saturated heterocycles. The predicted molar refractivity (Wildman–Crippen MR) is 77.8 cm³/mol. The molecule has 2 N–H and O–H groups in total. The highest BCUT2D eigenvalue weighted by Gasteiger charge is 2.15. The first kappa shape index (κ1) is 16.7. The zero-order chi connectivity index (χ0) is 15.8. The third kappa shape index (κ3) is 6.07. The molecule has 2 amide bonds. The van der Waals surface area contributed by atoms with Crippen LogP contribution in [-0.2, 0) is 9.59 Å². The summed E-state index contributed by atoms with van der Waals surface area (Å²) in [6.45, 7) is 1.96. The summed E-state index contributed by atoms with van der Waals surface area (Å²) >= 11 is 0. The first-order chi connectivity index (χ1) is 9.90. The van der Waals surface area contributed by atoms with Gasteiger partial charge >= 0.3 is 5.97 Å². The van der Waals surface area contributed by atoms with Gasteiger partial charge in [0.25, 0.3) is 5.91 Å². The van der Waals surface area contributed by atoms with Gasteiger partial charge < -0.3 is 15.3 Å². The van der Waals surface area contributed by atoms with Crippen molar-refractivity contribution >= 4 is 17.8 Å². The topological polar surface area (TPSA) is 86.7 Å². The van der Waals surface area contributed by atoms with Crippen LogP contribution >= 0.6 is 0 Å². The van der Waals surface area contributed by atoms with Gasteiger partial charge in [-0.15, -0.1) is 0 Å². The summed E-state index contributed by atoms with van der Waals surface area (Å²) < 4.78 is 0. The minimum atomic E-state index is -0.895. The quantitative estimate of drug-likeness (QED) is 0.784. The Labute approximate surface area is 123 Å². The number of hydrogen-bond donors (Lipinski definition) is 2. The molecule has 0 aliphatic heterocycles. The lowest BCUT2D eigenvalue weighted by atomic mass is 10.1. The molecule has 114 valence electrons. The fourth-order valence-electron chi connectivity index (χ4n) is 1.80. The molecule has 0 spiro atoms. The van der Waals surface area contributed by atoms with E-state index in [1.165, 1.54) is 4.90 Å². The van der Waals surface area contributed by atoms with Gasteiger partial charge in [-0.05, 0) is 18.1 Å². The minimum Gasteiger partial charge on any atom is -0.481 e. The molecule has 6 nitrogen and oxygen atoms in total. The molecule has 0 aliphatic carbocycles. The minimum absolute atomic E-state index is 0.000927. The summed E-state index contributed by atoms with van der Waals surface area (Å²) in [6, 6.07) is 8.70. The van der Waals surface area contributed by atoms with Crippen LogP contribution in [0.1, 0.15) is 23.7 Å². The van der Waals surface area contributed by atoms with Crippen LogP contribution in [0, 0.1) is 5.92 Å². The van der Waals surface area contributed by atoms with Crippen LogP contribution in [0.15, 0.2) is 30.3 Å². The van der Waals surface area contributed by atoms with Crippen molar-refractivity contribution < 1.29 is 19.5 Å². The van der Waals surface area contributed by atoms with Gasteiger partial charge in [-0.25, -0.2) is 0 Å². The maximum Gasteiger partial charge on any atom is 0.303 e. The molecule has 1 aromatic rings. The van der Waals surface area contributed by atoms with Crippen LogP contribution in [0.25, 0.3) is 0 Å². The summed E-state index contributed by atoms with van der Waals surface area (Å²) in [5, 5.41) is 11.3. The molecule has 0 bridgehead atoms. The highest BCUT2D eigenvalue weighted by atomic mass is 16.4. The second kappa shape index (κ2) is 8.04. The smallest absolute Gasteiger partial charge is 0.303 e.